The molecular weight excluding hydrogens is 326 g/mol. The Kier molecular flexibility index (Phi) is 3.86. The Morgan fingerprint density at radius 1 is 1.23 bits per heavy atom. The molecule has 1 fully saturated rings. The van der Waals surface area contributed by atoms with Crippen molar-refractivity contribution >= 4 is 17.0 Å². The molecule has 6 nitrogen and oxygen atoms in total. The van der Waals surface area contributed by atoms with Crippen LogP contribution in [0.1, 0.15) is 45.6 Å². The van der Waals surface area contributed by atoms with Crippen molar-refractivity contribution in [1.82, 2.24) is 19.7 Å². The van der Waals surface area contributed by atoms with E-state index < -0.39 is 0 Å². The molecule has 2 heterocycles. The van der Waals surface area contributed by atoms with Gasteiger partial charge >= 0.3 is 0 Å². The number of nitrogens with zero attached hydrogens (tertiary/aromatic N) is 3. The summed E-state index contributed by atoms with van der Waals surface area (Å²) in [5, 5.41) is 8.26. The largest absolute Gasteiger partial charge is 0.355 e. The lowest BCUT2D eigenvalue weighted by Crippen LogP contribution is -2.41. The molecule has 1 aromatic carbocycles. The summed E-state index contributed by atoms with van der Waals surface area (Å²) >= 11 is 0. The normalized spacial score (nSPS) is 16.4. The summed E-state index contributed by atoms with van der Waals surface area (Å²) in [6, 6.07) is 10.6. The van der Waals surface area contributed by atoms with Crippen molar-refractivity contribution in [1.29, 1.82) is 0 Å². The average molecular weight is 351 g/mol. The van der Waals surface area contributed by atoms with Crippen LogP contribution in [0.15, 0.2) is 41.3 Å². The number of hydrogen-bond donors (Lipinski definition) is 2. The first kappa shape index (κ1) is 16.8. The predicted octanol–water partition coefficient (Wildman–Crippen LogP) is 3.41. The van der Waals surface area contributed by atoms with Crippen molar-refractivity contribution in [3.05, 3.63) is 52.4 Å². The first-order valence-corrected chi connectivity index (χ1v) is 9.17. The maximum atomic E-state index is 12.4. The third-order valence-electron chi connectivity index (χ3n) is 5.36. The zero-order valence-corrected chi connectivity index (χ0v) is 15.5. The van der Waals surface area contributed by atoms with Gasteiger partial charge in [-0.1, -0.05) is 36.8 Å². The van der Waals surface area contributed by atoms with Gasteiger partial charge in [0.1, 0.15) is 5.39 Å². The molecule has 0 spiro atoms. The fourth-order valence-corrected chi connectivity index (χ4v) is 3.71. The Hall–Kier alpha value is -2.63. The lowest BCUT2D eigenvalue weighted by molar-refractivity contribution is 0.260. The summed E-state index contributed by atoms with van der Waals surface area (Å²) < 4.78 is 1.80. The number of rotatable bonds is 4. The number of aromatic nitrogens is 4. The molecule has 1 saturated carbocycles. The highest BCUT2D eigenvalue weighted by molar-refractivity contribution is 5.74. The topological polar surface area (TPSA) is 75.6 Å². The van der Waals surface area contributed by atoms with E-state index >= 15 is 0 Å². The van der Waals surface area contributed by atoms with E-state index in [1.54, 1.807) is 10.9 Å². The summed E-state index contributed by atoms with van der Waals surface area (Å²) in [7, 11) is 0. The van der Waals surface area contributed by atoms with Crippen molar-refractivity contribution in [3.63, 3.8) is 0 Å². The first-order chi connectivity index (χ1) is 12.4. The van der Waals surface area contributed by atoms with E-state index in [0.29, 0.717) is 17.0 Å². The highest BCUT2D eigenvalue weighted by atomic mass is 16.1. The molecule has 0 unspecified atom stereocenters. The van der Waals surface area contributed by atoms with Gasteiger partial charge in [0.25, 0.3) is 5.56 Å². The van der Waals surface area contributed by atoms with Crippen LogP contribution in [-0.4, -0.2) is 26.3 Å². The van der Waals surface area contributed by atoms with Gasteiger partial charge in [-0.3, -0.25) is 9.78 Å². The molecule has 2 aromatic heterocycles. The predicted molar refractivity (Wildman–Crippen MR) is 104 cm³/mol. The number of benzene rings is 1. The molecule has 136 valence electrons. The maximum absolute atomic E-state index is 12.4. The summed E-state index contributed by atoms with van der Waals surface area (Å²) in [4.78, 5) is 19.9. The molecule has 1 aliphatic rings. The molecular formula is C20H25N5O. The Morgan fingerprint density at radius 3 is 2.58 bits per heavy atom. The fourth-order valence-electron chi connectivity index (χ4n) is 3.71. The van der Waals surface area contributed by atoms with Crippen molar-refractivity contribution < 1.29 is 0 Å². The van der Waals surface area contributed by atoms with E-state index in [2.05, 4.69) is 44.6 Å². The maximum Gasteiger partial charge on any atom is 0.263 e. The lowest BCUT2D eigenvalue weighted by atomic mass is 9.64. The molecule has 2 N–H and O–H groups in total. The van der Waals surface area contributed by atoms with Gasteiger partial charge in [0.05, 0.1) is 11.7 Å². The van der Waals surface area contributed by atoms with Crippen molar-refractivity contribution in [2.75, 3.05) is 11.9 Å². The first-order valence-electron chi connectivity index (χ1n) is 9.17. The van der Waals surface area contributed by atoms with Crippen LogP contribution < -0.4 is 10.9 Å². The summed E-state index contributed by atoms with van der Waals surface area (Å²) in [5.74, 6) is 0.510. The van der Waals surface area contributed by atoms with Gasteiger partial charge in [-0.15, -0.1) is 0 Å². The zero-order valence-electron chi connectivity index (χ0n) is 15.5. The molecule has 4 rings (SSSR count). The van der Waals surface area contributed by atoms with E-state index in [0.717, 1.165) is 19.4 Å². The van der Waals surface area contributed by atoms with E-state index in [9.17, 15) is 4.79 Å². The van der Waals surface area contributed by atoms with Crippen LogP contribution in [0.25, 0.3) is 11.0 Å². The second-order valence-corrected chi connectivity index (χ2v) is 8.23. The van der Waals surface area contributed by atoms with E-state index in [-0.39, 0.29) is 16.5 Å². The highest BCUT2D eigenvalue weighted by Gasteiger charge is 2.38. The highest BCUT2D eigenvalue weighted by Crippen LogP contribution is 2.43. The molecule has 0 amide bonds. The van der Waals surface area contributed by atoms with Crippen LogP contribution in [-0.2, 0) is 11.0 Å². The van der Waals surface area contributed by atoms with Gasteiger partial charge in [0.15, 0.2) is 5.65 Å². The third-order valence-corrected chi connectivity index (χ3v) is 5.36. The van der Waals surface area contributed by atoms with Crippen LogP contribution in [0.2, 0.25) is 0 Å². The van der Waals surface area contributed by atoms with Gasteiger partial charge in [-0.25, -0.2) is 4.68 Å². The zero-order chi connectivity index (χ0) is 18.4. The molecule has 1 aliphatic carbocycles. The Bertz CT molecular complexity index is 977. The summed E-state index contributed by atoms with van der Waals surface area (Å²) in [6.07, 6.45) is 5.12. The summed E-state index contributed by atoms with van der Waals surface area (Å²) in [6.45, 7) is 6.91. The van der Waals surface area contributed by atoms with Crippen LogP contribution in [0.4, 0.5) is 5.95 Å². The van der Waals surface area contributed by atoms with Crippen molar-refractivity contribution in [3.8, 4) is 0 Å². The standard InChI is InChI=1S/C20H25N5O/c1-19(2,3)25-16-15(12-22-25)17(26)24-18(23-16)21-13-20(10-7-11-20)14-8-5-4-6-9-14/h4-6,8-9,12H,7,10-11,13H2,1-3H3,(H2,21,23,24,26). The van der Waals surface area contributed by atoms with Crippen LogP contribution in [0, 0.1) is 0 Å². The molecule has 0 bridgehead atoms. The molecule has 3 aromatic rings. The minimum absolute atomic E-state index is 0.124. The second-order valence-electron chi connectivity index (χ2n) is 8.23. The minimum atomic E-state index is -0.237. The van der Waals surface area contributed by atoms with Gasteiger partial charge < -0.3 is 5.32 Å². The van der Waals surface area contributed by atoms with Crippen LogP contribution in [0.3, 0.4) is 0 Å². The number of nitrogens with one attached hydrogen (secondary N) is 2. The number of hydrogen-bond acceptors (Lipinski definition) is 4. The molecule has 0 aliphatic heterocycles. The second kappa shape index (κ2) is 5.97. The van der Waals surface area contributed by atoms with Gasteiger partial charge in [-0.05, 0) is 39.2 Å². The van der Waals surface area contributed by atoms with Gasteiger partial charge in [-0.2, -0.15) is 10.1 Å². The lowest BCUT2D eigenvalue weighted by Gasteiger charge is -2.42. The smallest absolute Gasteiger partial charge is 0.263 e. The Labute approximate surface area is 152 Å². The Balaban J connectivity index is 1.64. The van der Waals surface area contributed by atoms with Gasteiger partial charge in [0.2, 0.25) is 5.95 Å². The van der Waals surface area contributed by atoms with Crippen LogP contribution >= 0.6 is 0 Å². The molecule has 26 heavy (non-hydrogen) atoms. The summed E-state index contributed by atoms with van der Waals surface area (Å²) in [5.41, 5.74) is 1.70. The number of fused-ring (bicyclic) bond motifs is 1. The van der Waals surface area contributed by atoms with Crippen molar-refractivity contribution in [2.24, 2.45) is 0 Å². The Morgan fingerprint density at radius 2 is 1.96 bits per heavy atom. The quantitative estimate of drug-likeness (QED) is 0.755. The molecule has 0 atom stereocenters. The SMILES string of the molecule is CC(C)(C)n1ncc2c(=O)[nH]c(NCC3(c4ccccc4)CCC3)nc21. The minimum Gasteiger partial charge on any atom is -0.355 e. The van der Waals surface area contributed by atoms with E-state index in [4.69, 9.17) is 0 Å². The monoisotopic (exact) mass is 351 g/mol. The number of H-pyrrole nitrogens is 1. The molecule has 0 radical (unpaired) electrons. The molecule has 0 saturated heterocycles. The fraction of sp³-hybridized carbons (Fsp3) is 0.450. The third kappa shape index (κ3) is 2.79. The molecule has 6 heteroatoms. The van der Waals surface area contributed by atoms with E-state index in [1.165, 1.54) is 12.0 Å². The number of aromatic amines is 1. The average Bonchev–Trinajstić information content (AvgIpc) is 3.00. The number of anilines is 1. The van der Waals surface area contributed by atoms with Gasteiger partial charge in [0, 0.05) is 12.0 Å². The van der Waals surface area contributed by atoms with Crippen molar-refractivity contribution in [2.45, 2.75) is 51.0 Å². The van der Waals surface area contributed by atoms with E-state index in [1.807, 2.05) is 26.8 Å². The van der Waals surface area contributed by atoms with Crippen LogP contribution in [0.5, 0.6) is 0 Å².